The second-order valence-corrected chi connectivity index (χ2v) is 13.5. The summed E-state index contributed by atoms with van der Waals surface area (Å²) in [6, 6.07) is 10.7. The number of halogens is 3. The Hall–Kier alpha value is -3.97. The van der Waals surface area contributed by atoms with Gasteiger partial charge in [-0.25, -0.2) is 26.6 Å². The van der Waals surface area contributed by atoms with E-state index in [-0.39, 0.29) is 41.1 Å². The van der Waals surface area contributed by atoms with E-state index in [9.17, 15) is 22.0 Å². The van der Waals surface area contributed by atoms with Crippen LogP contribution in [-0.2, 0) is 15.8 Å². The molecule has 0 radical (unpaired) electrons. The molecule has 4 aromatic rings. The number of sulfonamides is 1. The highest BCUT2D eigenvalue weighted by Crippen LogP contribution is 2.28. The molecule has 0 saturated heterocycles. The lowest BCUT2D eigenvalue weighted by Crippen LogP contribution is -2.39. The van der Waals surface area contributed by atoms with Crippen molar-refractivity contribution in [3.05, 3.63) is 82.3 Å². The van der Waals surface area contributed by atoms with Crippen molar-refractivity contribution in [1.29, 1.82) is 0 Å². The van der Waals surface area contributed by atoms with Crippen molar-refractivity contribution in [3.63, 3.8) is 0 Å². The monoisotopic (exact) mass is 642 g/mol. The van der Waals surface area contributed by atoms with Crippen LogP contribution in [-0.4, -0.2) is 60.2 Å². The Morgan fingerprint density at radius 1 is 1.04 bits per heavy atom. The summed E-state index contributed by atoms with van der Waals surface area (Å²) in [4.78, 5) is 25.0. The normalized spacial score (nSPS) is 17.2. The minimum Gasteiger partial charge on any atom is -0.351 e. The van der Waals surface area contributed by atoms with Gasteiger partial charge in [0, 0.05) is 41.8 Å². The zero-order chi connectivity index (χ0) is 32.3. The van der Waals surface area contributed by atoms with Crippen LogP contribution in [0.5, 0.6) is 0 Å². The van der Waals surface area contributed by atoms with Crippen molar-refractivity contribution >= 4 is 32.7 Å². The Bertz CT molecular complexity index is 1820. The summed E-state index contributed by atoms with van der Waals surface area (Å²) in [5.74, 6) is -1.40. The van der Waals surface area contributed by atoms with Crippen molar-refractivity contribution < 1.29 is 21.6 Å². The van der Waals surface area contributed by atoms with Gasteiger partial charge in [0.05, 0.1) is 11.4 Å². The number of nitrogens with zero attached hydrogens (tertiary/aromatic N) is 4. The number of fused-ring (bicyclic) bond motifs is 1. The van der Waals surface area contributed by atoms with E-state index in [2.05, 4.69) is 19.9 Å². The van der Waals surface area contributed by atoms with Gasteiger partial charge in [-0.15, -0.1) is 0 Å². The summed E-state index contributed by atoms with van der Waals surface area (Å²) < 4.78 is 70.2. The van der Waals surface area contributed by atoms with E-state index in [1.54, 1.807) is 12.3 Å². The first-order valence-corrected chi connectivity index (χ1v) is 16.6. The van der Waals surface area contributed by atoms with Crippen LogP contribution in [0.4, 0.5) is 24.8 Å². The van der Waals surface area contributed by atoms with E-state index in [1.165, 1.54) is 28.8 Å². The van der Waals surface area contributed by atoms with Crippen LogP contribution >= 0.6 is 0 Å². The molecular weight excluding hydrogens is 605 g/mol. The predicted molar refractivity (Wildman–Crippen MR) is 170 cm³/mol. The van der Waals surface area contributed by atoms with Gasteiger partial charge in [-0.2, -0.15) is 4.98 Å². The first kappa shape index (κ1) is 32.4. The van der Waals surface area contributed by atoms with Crippen molar-refractivity contribution in [2.75, 3.05) is 30.3 Å². The third-order valence-electron chi connectivity index (χ3n) is 8.20. The van der Waals surface area contributed by atoms with Crippen LogP contribution in [0, 0.1) is 11.6 Å². The van der Waals surface area contributed by atoms with Gasteiger partial charge in [-0.3, -0.25) is 14.1 Å². The molecule has 9 nitrogen and oxygen atoms in total. The number of alkyl halides is 1. The number of hydrogen-bond donors (Lipinski definition) is 2. The average Bonchev–Trinajstić information content (AvgIpc) is 2.99. The highest BCUT2D eigenvalue weighted by atomic mass is 32.2. The van der Waals surface area contributed by atoms with Crippen molar-refractivity contribution in [3.8, 4) is 11.1 Å². The van der Waals surface area contributed by atoms with Gasteiger partial charge in [0.1, 0.15) is 24.0 Å². The molecule has 0 bridgehead atoms. The summed E-state index contributed by atoms with van der Waals surface area (Å²) in [5.41, 5.74) is 0.633. The smallest absolute Gasteiger partial charge is 0.260 e. The number of hydrogen-bond acceptors (Lipinski definition) is 7. The van der Waals surface area contributed by atoms with Gasteiger partial charge in [0.25, 0.3) is 5.56 Å². The van der Waals surface area contributed by atoms with Gasteiger partial charge in [-0.1, -0.05) is 18.2 Å². The molecule has 5 rings (SSSR count). The van der Waals surface area contributed by atoms with E-state index in [1.807, 2.05) is 20.9 Å². The molecule has 240 valence electrons. The number of nitrogens with one attached hydrogen (secondary N) is 2. The molecule has 0 atom stereocenters. The first-order chi connectivity index (χ1) is 21.4. The molecular formula is C32H37F3N6O3S. The van der Waals surface area contributed by atoms with Crippen LogP contribution < -0.4 is 15.6 Å². The van der Waals surface area contributed by atoms with Crippen LogP contribution in [0.1, 0.15) is 51.1 Å². The topological polar surface area (TPSA) is 109 Å². The van der Waals surface area contributed by atoms with Crippen LogP contribution in [0.25, 0.3) is 22.2 Å². The number of anilines is 2. The third kappa shape index (κ3) is 7.64. The fraction of sp³-hybridized carbons (Fsp3) is 0.406. The van der Waals surface area contributed by atoms with Gasteiger partial charge >= 0.3 is 0 Å². The van der Waals surface area contributed by atoms with Crippen molar-refractivity contribution in [2.24, 2.45) is 0 Å². The second-order valence-electron chi connectivity index (χ2n) is 11.8. The molecule has 0 unspecified atom stereocenters. The fourth-order valence-electron chi connectivity index (χ4n) is 5.80. The zero-order valence-corrected chi connectivity index (χ0v) is 26.3. The highest BCUT2D eigenvalue weighted by Gasteiger charge is 2.25. The van der Waals surface area contributed by atoms with Gasteiger partial charge in [0.15, 0.2) is 0 Å². The number of pyridine rings is 1. The predicted octanol–water partition coefficient (Wildman–Crippen LogP) is 5.88. The van der Waals surface area contributed by atoms with E-state index < -0.39 is 27.4 Å². The molecule has 2 heterocycles. The van der Waals surface area contributed by atoms with Crippen LogP contribution in [0.2, 0.25) is 0 Å². The quantitative estimate of drug-likeness (QED) is 0.210. The maximum absolute atomic E-state index is 15.2. The molecule has 2 N–H and O–H groups in total. The third-order valence-corrected chi connectivity index (χ3v) is 9.44. The fourth-order valence-corrected chi connectivity index (χ4v) is 7.01. The summed E-state index contributed by atoms with van der Waals surface area (Å²) in [6.45, 7) is 3.78. The Balaban J connectivity index is 1.37. The number of aromatic nitrogens is 3. The summed E-state index contributed by atoms with van der Waals surface area (Å²) in [7, 11) is -2.05. The molecule has 0 spiro atoms. The summed E-state index contributed by atoms with van der Waals surface area (Å²) >= 11 is 0. The SMILES string of the molecule is CC(C)n1c(=O)c(-c2ccc(NS(=O)(=O)Cc3ccc(F)cc3)c(F)c2)cc2cnc(N[C@H]3CC[C@H](N(C)CCF)CC3)nc21. The summed E-state index contributed by atoms with van der Waals surface area (Å²) in [5, 5.41) is 3.98. The largest absolute Gasteiger partial charge is 0.351 e. The average molecular weight is 643 g/mol. The molecule has 13 heteroatoms. The van der Waals surface area contributed by atoms with Gasteiger partial charge < -0.3 is 10.2 Å². The minimum absolute atomic E-state index is 0.158. The molecule has 1 saturated carbocycles. The van der Waals surface area contributed by atoms with Crippen LogP contribution in [0.3, 0.4) is 0 Å². The Kier molecular flexibility index (Phi) is 9.78. The van der Waals surface area contributed by atoms with E-state index in [0.29, 0.717) is 35.1 Å². The van der Waals surface area contributed by atoms with E-state index >= 15 is 4.39 Å². The molecule has 2 aromatic heterocycles. The molecule has 1 aliphatic rings. The minimum atomic E-state index is -4.00. The zero-order valence-electron chi connectivity index (χ0n) is 25.4. The summed E-state index contributed by atoms with van der Waals surface area (Å²) in [6.07, 6.45) is 5.28. The number of rotatable bonds is 11. The van der Waals surface area contributed by atoms with Crippen molar-refractivity contribution in [1.82, 2.24) is 19.4 Å². The van der Waals surface area contributed by atoms with Crippen LogP contribution in [0.15, 0.2) is 59.5 Å². The first-order valence-electron chi connectivity index (χ1n) is 14.9. The van der Waals surface area contributed by atoms with Gasteiger partial charge in [-0.05, 0) is 88.0 Å². The Morgan fingerprint density at radius 3 is 2.40 bits per heavy atom. The molecule has 1 fully saturated rings. The second kappa shape index (κ2) is 13.6. The number of benzene rings is 2. The molecule has 2 aromatic carbocycles. The lowest BCUT2D eigenvalue weighted by molar-refractivity contribution is 0.174. The lowest BCUT2D eigenvalue weighted by atomic mass is 9.90. The standard InChI is InChI=1S/C32H37F3N6O3S/c1-20(2)41-30-23(18-36-32(38-30)37-25-9-11-26(12-10-25)40(3)15-14-33)16-27(31(41)42)22-6-13-29(28(35)17-22)39-45(43,44)19-21-4-7-24(34)8-5-21/h4-8,13,16-18,20,25-26,39H,9-12,14-15,19H2,1-3H3,(H,36,37,38)/t25-,26-. The molecule has 45 heavy (non-hydrogen) atoms. The van der Waals surface area contributed by atoms with E-state index in [0.717, 1.165) is 43.9 Å². The maximum atomic E-state index is 15.2. The maximum Gasteiger partial charge on any atom is 0.260 e. The Labute approximate surface area is 260 Å². The molecule has 0 amide bonds. The van der Waals surface area contributed by atoms with Gasteiger partial charge in [0.2, 0.25) is 16.0 Å². The van der Waals surface area contributed by atoms with E-state index in [4.69, 9.17) is 4.98 Å². The molecule has 0 aliphatic heterocycles. The molecule has 1 aliphatic carbocycles. The van der Waals surface area contributed by atoms with Crippen molar-refractivity contribution in [2.45, 2.75) is 63.4 Å². The highest BCUT2D eigenvalue weighted by molar-refractivity contribution is 7.91. The lowest BCUT2D eigenvalue weighted by Gasteiger charge is -2.34. The Morgan fingerprint density at radius 2 is 1.76 bits per heavy atom.